The van der Waals surface area contributed by atoms with Gasteiger partial charge in [0.2, 0.25) is 0 Å². The van der Waals surface area contributed by atoms with E-state index in [4.69, 9.17) is 0 Å². The first-order valence-corrected chi connectivity index (χ1v) is 22.2. The normalized spacial score (nSPS) is 12.1. The van der Waals surface area contributed by atoms with Crippen molar-refractivity contribution < 1.29 is 0 Å². The van der Waals surface area contributed by atoms with E-state index in [-0.39, 0.29) is 0 Å². The number of hydrogen-bond acceptors (Lipinski definition) is 0. The molecule has 0 atom stereocenters. The van der Waals surface area contributed by atoms with Gasteiger partial charge in [0.1, 0.15) is 0 Å². The highest BCUT2D eigenvalue weighted by Gasteiger charge is 2.23. The first-order valence-electron chi connectivity index (χ1n) is 22.2. The fraction of sp³-hybridized carbons (Fsp3) is 0. The van der Waals surface area contributed by atoms with Gasteiger partial charge < -0.3 is 9.13 Å². The van der Waals surface area contributed by atoms with E-state index in [9.17, 15) is 0 Å². The molecule has 14 rings (SSSR count). The Morgan fingerprint density at radius 3 is 1.50 bits per heavy atom. The van der Waals surface area contributed by atoms with Gasteiger partial charge in [0.05, 0.1) is 22.1 Å². The Labute approximate surface area is 370 Å². The molecule has 0 unspecified atom stereocenters. The van der Waals surface area contributed by atoms with Crippen LogP contribution in [-0.4, -0.2) is 9.13 Å². The van der Waals surface area contributed by atoms with E-state index in [1.54, 1.807) is 0 Å². The summed E-state index contributed by atoms with van der Waals surface area (Å²) in [6.07, 6.45) is 0. The highest BCUT2D eigenvalue weighted by Crippen LogP contribution is 2.49. The average molecular weight is 811 g/mol. The van der Waals surface area contributed by atoms with Crippen LogP contribution in [0.25, 0.3) is 132 Å². The number of fused-ring (bicyclic) bond motifs is 11. The van der Waals surface area contributed by atoms with E-state index >= 15 is 0 Å². The first kappa shape index (κ1) is 35.2. The molecule has 2 aromatic heterocycles. The average Bonchev–Trinajstić information content (AvgIpc) is 4.01. The predicted octanol–water partition coefficient (Wildman–Crippen LogP) is 16.8. The molecule has 0 saturated carbocycles. The molecule has 0 radical (unpaired) electrons. The SMILES string of the molecule is c1ccc(-n2c3ccccc3c3ccc(-c4ccc5c6ccc7ccccc7c6n(-c6ccc(-c7ccc(-c8ccc9c%10c(cccc8%10)-c8ccccc8-9)cc7)cc6)c5c4)cc32)cc1. The molecule has 0 amide bonds. The van der Waals surface area contributed by atoms with E-state index in [1.807, 2.05) is 0 Å². The Kier molecular flexibility index (Phi) is 7.43. The van der Waals surface area contributed by atoms with Crippen LogP contribution in [0.2, 0.25) is 0 Å². The molecule has 2 heterocycles. The molecule has 2 nitrogen and oxygen atoms in total. The molecule has 0 aliphatic heterocycles. The van der Waals surface area contributed by atoms with Crippen LogP contribution in [0, 0.1) is 0 Å². The molecule has 0 N–H and O–H groups in total. The van der Waals surface area contributed by atoms with E-state index in [0.717, 1.165) is 11.4 Å². The number of hydrogen-bond donors (Lipinski definition) is 0. The summed E-state index contributed by atoms with van der Waals surface area (Å²) in [5.74, 6) is 0. The fourth-order valence-electron chi connectivity index (χ4n) is 10.9. The van der Waals surface area contributed by atoms with Gasteiger partial charge in [-0.15, -0.1) is 0 Å². The number of aromatic nitrogens is 2. The maximum absolute atomic E-state index is 2.48. The van der Waals surface area contributed by atoms with Gasteiger partial charge >= 0.3 is 0 Å². The van der Waals surface area contributed by atoms with Crippen LogP contribution in [0.3, 0.4) is 0 Å². The summed E-state index contributed by atoms with van der Waals surface area (Å²) in [6, 6.07) is 85.2. The van der Waals surface area contributed by atoms with Gasteiger partial charge in [-0.1, -0.05) is 188 Å². The molecular weight excluding hydrogens is 773 g/mol. The zero-order chi connectivity index (χ0) is 41.9. The summed E-state index contributed by atoms with van der Waals surface area (Å²) >= 11 is 0. The van der Waals surface area contributed by atoms with Crippen molar-refractivity contribution in [2.24, 2.45) is 0 Å². The Balaban J connectivity index is 0.880. The lowest BCUT2D eigenvalue weighted by atomic mass is 9.93. The van der Waals surface area contributed by atoms with Gasteiger partial charge in [0, 0.05) is 38.3 Å². The van der Waals surface area contributed by atoms with Crippen molar-refractivity contribution in [1.29, 1.82) is 0 Å². The van der Waals surface area contributed by atoms with Crippen molar-refractivity contribution in [1.82, 2.24) is 9.13 Å². The summed E-state index contributed by atoms with van der Waals surface area (Å²) in [4.78, 5) is 0. The number of para-hydroxylation sites is 2. The molecule has 0 saturated heterocycles. The summed E-state index contributed by atoms with van der Waals surface area (Å²) < 4.78 is 4.88. The van der Waals surface area contributed by atoms with Crippen LogP contribution in [0.15, 0.2) is 231 Å². The van der Waals surface area contributed by atoms with Crippen LogP contribution >= 0.6 is 0 Å². The molecular formula is C62H38N2. The van der Waals surface area contributed by atoms with E-state index in [2.05, 4.69) is 240 Å². The molecule has 64 heavy (non-hydrogen) atoms. The van der Waals surface area contributed by atoms with Crippen molar-refractivity contribution in [2.75, 3.05) is 0 Å². The quantitative estimate of drug-likeness (QED) is 0.164. The molecule has 1 aliphatic carbocycles. The lowest BCUT2D eigenvalue weighted by Crippen LogP contribution is -1.95. The van der Waals surface area contributed by atoms with Crippen molar-refractivity contribution >= 4 is 65.2 Å². The molecule has 2 heteroatoms. The Morgan fingerprint density at radius 1 is 0.234 bits per heavy atom. The minimum Gasteiger partial charge on any atom is -0.309 e. The summed E-state index contributed by atoms with van der Waals surface area (Å²) in [7, 11) is 0. The van der Waals surface area contributed by atoms with Crippen molar-refractivity contribution in [3.05, 3.63) is 231 Å². The van der Waals surface area contributed by atoms with Crippen LogP contribution in [0.1, 0.15) is 0 Å². The van der Waals surface area contributed by atoms with Gasteiger partial charge in [-0.25, -0.2) is 0 Å². The number of benzene rings is 11. The zero-order valence-corrected chi connectivity index (χ0v) is 34.8. The lowest BCUT2D eigenvalue weighted by molar-refractivity contribution is 1.18. The molecule has 11 aromatic carbocycles. The minimum atomic E-state index is 1.14. The largest absolute Gasteiger partial charge is 0.309 e. The molecule has 13 aromatic rings. The number of nitrogens with zero attached hydrogens (tertiary/aromatic N) is 2. The zero-order valence-electron chi connectivity index (χ0n) is 34.8. The fourth-order valence-corrected chi connectivity index (χ4v) is 10.9. The molecule has 296 valence electrons. The third kappa shape index (κ3) is 5.08. The molecule has 0 spiro atoms. The van der Waals surface area contributed by atoms with Crippen molar-refractivity contribution in [2.45, 2.75) is 0 Å². The first-order chi connectivity index (χ1) is 31.7. The number of rotatable bonds is 5. The van der Waals surface area contributed by atoms with Gasteiger partial charge in [-0.2, -0.15) is 0 Å². The highest BCUT2D eigenvalue weighted by atomic mass is 15.0. The second-order valence-corrected chi connectivity index (χ2v) is 17.2. The highest BCUT2D eigenvalue weighted by molar-refractivity contribution is 6.20. The van der Waals surface area contributed by atoms with Crippen LogP contribution in [0.5, 0.6) is 0 Å². The predicted molar refractivity (Wildman–Crippen MR) is 271 cm³/mol. The van der Waals surface area contributed by atoms with Crippen molar-refractivity contribution in [3.8, 4) is 67.0 Å². The monoisotopic (exact) mass is 810 g/mol. The van der Waals surface area contributed by atoms with Gasteiger partial charge in [-0.3, -0.25) is 0 Å². The van der Waals surface area contributed by atoms with Gasteiger partial charge in [0.25, 0.3) is 0 Å². The van der Waals surface area contributed by atoms with Gasteiger partial charge in [0.15, 0.2) is 0 Å². The van der Waals surface area contributed by atoms with Crippen molar-refractivity contribution in [3.63, 3.8) is 0 Å². The maximum Gasteiger partial charge on any atom is 0.0619 e. The Bertz CT molecular complexity index is 4010. The van der Waals surface area contributed by atoms with Gasteiger partial charge in [-0.05, 0) is 114 Å². The topological polar surface area (TPSA) is 9.86 Å². The Morgan fingerprint density at radius 2 is 0.734 bits per heavy atom. The smallest absolute Gasteiger partial charge is 0.0619 e. The third-order valence-electron chi connectivity index (χ3n) is 13.9. The molecule has 0 bridgehead atoms. The minimum absolute atomic E-state index is 1.14. The van der Waals surface area contributed by atoms with Crippen LogP contribution in [-0.2, 0) is 0 Å². The lowest BCUT2D eigenvalue weighted by Gasteiger charge is -2.13. The standard InChI is InChI=1S/C62H38N2/c1-2-12-45(13-3-1)63-58-20-9-8-17-51(58)52-32-28-43(37-59(52)63)44-29-33-53-57-34-27-41-11-4-5-14-48(41)62(57)64(60(53)38-44)46-30-25-40(26-31-46)39-21-23-42(24-22-39)47-35-36-56-50-16-7-6-15-49(50)55-19-10-18-54(47)61(55)56/h1-38H. The second kappa shape index (κ2) is 13.5. The van der Waals surface area contributed by atoms with Crippen LogP contribution < -0.4 is 0 Å². The maximum atomic E-state index is 2.48. The van der Waals surface area contributed by atoms with E-state index < -0.39 is 0 Å². The summed E-state index contributed by atoms with van der Waals surface area (Å²) in [5.41, 5.74) is 19.7. The second-order valence-electron chi connectivity index (χ2n) is 17.2. The van der Waals surface area contributed by atoms with E-state index in [1.165, 1.54) is 121 Å². The molecule has 1 aliphatic rings. The van der Waals surface area contributed by atoms with Crippen LogP contribution in [0.4, 0.5) is 0 Å². The summed E-state index contributed by atoms with van der Waals surface area (Å²) in [5, 5.41) is 10.2. The van der Waals surface area contributed by atoms with E-state index in [0.29, 0.717) is 0 Å². The molecule has 0 fully saturated rings. The third-order valence-corrected chi connectivity index (χ3v) is 13.9. The summed E-state index contributed by atoms with van der Waals surface area (Å²) in [6.45, 7) is 0. The Hall–Kier alpha value is -8.46.